The fourth-order valence-electron chi connectivity index (χ4n) is 2.03. The third-order valence-corrected chi connectivity index (χ3v) is 2.91. The lowest BCUT2D eigenvalue weighted by atomic mass is 10.2. The van der Waals surface area contributed by atoms with Gasteiger partial charge in [0, 0.05) is 13.0 Å². The third kappa shape index (κ3) is 2.03. The Kier molecular flexibility index (Phi) is 2.89. The van der Waals surface area contributed by atoms with Crippen molar-refractivity contribution in [1.82, 2.24) is 4.90 Å². The number of hydrogen-bond donors (Lipinski definition) is 2. The second kappa shape index (κ2) is 4.21. The second-order valence-electron chi connectivity index (χ2n) is 4.09. The van der Waals surface area contributed by atoms with Gasteiger partial charge in [0.25, 0.3) is 5.91 Å². The maximum Gasteiger partial charge on any atom is 0.326 e. The summed E-state index contributed by atoms with van der Waals surface area (Å²) in [6.07, 6.45) is 0.662. The Labute approximate surface area is 97.4 Å². The summed E-state index contributed by atoms with van der Waals surface area (Å²) in [7, 11) is 0. The minimum absolute atomic E-state index is 0.0421. The molecule has 1 fully saturated rings. The number of carboxylic acid groups (broad SMARTS) is 1. The summed E-state index contributed by atoms with van der Waals surface area (Å²) >= 11 is 0. The molecule has 1 amide bonds. The molecule has 0 bridgehead atoms. The number of furan rings is 1. The molecular weight excluding hydrogens is 226 g/mol. The van der Waals surface area contributed by atoms with Gasteiger partial charge < -0.3 is 19.5 Å². The minimum Gasteiger partial charge on any atom is -0.480 e. The van der Waals surface area contributed by atoms with E-state index in [0.717, 1.165) is 0 Å². The molecule has 0 unspecified atom stereocenters. The van der Waals surface area contributed by atoms with Crippen LogP contribution in [0, 0.1) is 6.92 Å². The zero-order chi connectivity index (χ0) is 12.6. The summed E-state index contributed by atoms with van der Waals surface area (Å²) < 4.78 is 5.01. The number of rotatable bonds is 2. The molecular formula is C11H13NO5. The highest BCUT2D eigenvalue weighted by Crippen LogP contribution is 2.22. The number of carbonyl (C=O) groups excluding carboxylic acids is 1. The summed E-state index contributed by atoms with van der Waals surface area (Å²) in [5, 5.41) is 18.4. The topological polar surface area (TPSA) is 91.0 Å². The molecule has 1 saturated heterocycles. The van der Waals surface area contributed by atoms with Crippen LogP contribution in [0.5, 0.6) is 0 Å². The van der Waals surface area contributed by atoms with Gasteiger partial charge in [-0.1, -0.05) is 0 Å². The van der Waals surface area contributed by atoms with Gasteiger partial charge in [-0.15, -0.1) is 0 Å². The quantitative estimate of drug-likeness (QED) is 0.771. The Morgan fingerprint density at radius 3 is 2.76 bits per heavy atom. The van der Waals surface area contributed by atoms with Gasteiger partial charge in [0.15, 0.2) is 0 Å². The molecule has 0 spiro atoms. The fourth-order valence-corrected chi connectivity index (χ4v) is 2.03. The number of amides is 1. The van der Waals surface area contributed by atoms with Crippen LogP contribution in [0.25, 0.3) is 0 Å². The standard InChI is InChI=1S/C11H13NO5/c1-6-8(2-3-17-6)10(14)12-5-7(13)4-9(12)11(15)16/h2-3,7,9,13H,4-5H2,1H3,(H,15,16)/t7-,9+/m1/s1. The highest BCUT2D eigenvalue weighted by Gasteiger charge is 2.39. The molecule has 6 heteroatoms. The van der Waals surface area contributed by atoms with Gasteiger partial charge in [0.2, 0.25) is 0 Å². The second-order valence-corrected chi connectivity index (χ2v) is 4.09. The summed E-state index contributed by atoms with van der Waals surface area (Å²) in [6, 6.07) is 0.535. The SMILES string of the molecule is Cc1occc1C(=O)N1C[C@H](O)C[C@H]1C(=O)O. The van der Waals surface area contributed by atoms with Gasteiger partial charge in [-0.3, -0.25) is 4.79 Å². The number of β-amino-alcohol motifs (C(OH)–C–C–N with tert-alkyl or cyclic N) is 1. The van der Waals surface area contributed by atoms with Crippen LogP contribution < -0.4 is 0 Å². The number of aryl methyl sites for hydroxylation is 1. The maximum atomic E-state index is 12.1. The average molecular weight is 239 g/mol. The smallest absolute Gasteiger partial charge is 0.326 e. The van der Waals surface area contributed by atoms with Gasteiger partial charge >= 0.3 is 5.97 Å². The number of likely N-dealkylation sites (tertiary alicyclic amines) is 1. The van der Waals surface area contributed by atoms with E-state index in [1.807, 2.05) is 0 Å². The maximum absolute atomic E-state index is 12.1. The van der Waals surface area contributed by atoms with Crippen LogP contribution in [0.3, 0.4) is 0 Å². The average Bonchev–Trinajstić information content (AvgIpc) is 2.83. The van der Waals surface area contributed by atoms with E-state index in [2.05, 4.69) is 0 Å². The first-order valence-corrected chi connectivity index (χ1v) is 5.26. The Morgan fingerprint density at radius 2 is 2.24 bits per heavy atom. The molecule has 2 rings (SSSR count). The Balaban J connectivity index is 2.25. The molecule has 6 nitrogen and oxygen atoms in total. The van der Waals surface area contributed by atoms with Crippen LogP contribution in [-0.2, 0) is 4.79 Å². The number of hydrogen-bond acceptors (Lipinski definition) is 4. The normalized spacial score (nSPS) is 24.0. The number of carboxylic acids is 1. The van der Waals surface area contributed by atoms with Gasteiger partial charge in [-0.2, -0.15) is 0 Å². The van der Waals surface area contributed by atoms with Crippen molar-refractivity contribution >= 4 is 11.9 Å². The number of aliphatic carboxylic acids is 1. The summed E-state index contributed by atoms with van der Waals surface area (Å²) in [5.74, 6) is -1.07. The van der Waals surface area contributed by atoms with E-state index in [1.54, 1.807) is 6.92 Å². The molecule has 2 N–H and O–H groups in total. The molecule has 1 aromatic rings. The van der Waals surface area contributed by atoms with Crippen molar-refractivity contribution < 1.29 is 24.2 Å². The largest absolute Gasteiger partial charge is 0.480 e. The van der Waals surface area contributed by atoms with Gasteiger partial charge in [-0.05, 0) is 13.0 Å². The number of aliphatic hydroxyl groups excluding tert-OH is 1. The first kappa shape index (κ1) is 11.7. The molecule has 17 heavy (non-hydrogen) atoms. The molecule has 0 aliphatic carbocycles. The molecule has 92 valence electrons. The predicted octanol–water partition coefficient (Wildman–Crippen LogP) is 0.248. The van der Waals surface area contributed by atoms with E-state index in [4.69, 9.17) is 9.52 Å². The molecule has 1 aliphatic rings. The van der Waals surface area contributed by atoms with Crippen molar-refractivity contribution in [3.8, 4) is 0 Å². The van der Waals surface area contributed by atoms with E-state index < -0.39 is 24.0 Å². The van der Waals surface area contributed by atoms with Gasteiger partial charge in [0.1, 0.15) is 11.8 Å². The molecule has 0 saturated carbocycles. The molecule has 0 aromatic carbocycles. The molecule has 2 heterocycles. The van der Waals surface area contributed by atoms with Crippen LogP contribution in [0.2, 0.25) is 0 Å². The van der Waals surface area contributed by atoms with Crippen LogP contribution in [-0.4, -0.2) is 45.7 Å². The lowest BCUT2D eigenvalue weighted by molar-refractivity contribution is -0.141. The van der Waals surface area contributed by atoms with Crippen LogP contribution in [0.4, 0.5) is 0 Å². The highest BCUT2D eigenvalue weighted by atomic mass is 16.4. The monoisotopic (exact) mass is 239 g/mol. The third-order valence-electron chi connectivity index (χ3n) is 2.91. The van der Waals surface area contributed by atoms with Crippen LogP contribution >= 0.6 is 0 Å². The Morgan fingerprint density at radius 1 is 1.53 bits per heavy atom. The van der Waals surface area contributed by atoms with Crippen molar-refractivity contribution in [2.75, 3.05) is 6.54 Å². The molecule has 1 aliphatic heterocycles. The predicted molar refractivity (Wildman–Crippen MR) is 56.5 cm³/mol. The summed E-state index contributed by atoms with van der Waals surface area (Å²) in [6.45, 7) is 1.68. The minimum atomic E-state index is -1.10. The lowest BCUT2D eigenvalue weighted by Crippen LogP contribution is -2.40. The van der Waals surface area contributed by atoms with Crippen LogP contribution in [0.15, 0.2) is 16.7 Å². The van der Waals surface area contributed by atoms with E-state index in [1.165, 1.54) is 17.2 Å². The van der Waals surface area contributed by atoms with E-state index in [0.29, 0.717) is 11.3 Å². The van der Waals surface area contributed by atoms with E-state index >= 15 is 0 Å². The number of carbonyl (C=O) groups is 2. The lowest BCUT2D eigenvalue weighted by Gasteiger charge is -2.20. The highest BCUT2D eigenvalue weighted by molar-refractivity contribution is 5.97. The number of nitrogens with zero attached hydrogens (tertiary/aromatic N) is 1. The Hall–Kier alpha value is -1.82. The molecule has 0 radical (unpaired) electrons. The van der Waals surface area contributed by atoms with Crippen molar-refractivity contribution in [1.29, 1.82) is 0 Å². The Bertz CT molecular complexity index is 452. The molecule has 1 aromatic heterocycles. The zero-order valence-corrected chi connectivity index (χ0v) is 9.29. The summed E-state index contributed by atoms with van der Waals surface area (Å²) in [5.41, 5.74) is 0.338. The first-order valence-electron chi connectivity index (χ1n) is 5.26. The molecule has 2 atom stereocenters. The van der Waals surface area contributed by atoms with Crippen LogP contribution in [0.1, 0.15) is 22.5 Å². The van der Waals surface area contributed by atoms with Gasteiger partial charge in [0.05, 0.1) is 17.9 Å². The number of aliphatic hydroxyl groups is 1. The first-order chi connectivity index (χ1) is 8.00. The van der Waals surface area contributed by atoms with Crippen molar-refractivity contribution in [2.24, 2.45) is 0 Å². The zero-order valence-electron chi connectivity index (χ0n) is 9.29. The summed E-state index contributed by atoms with van der Waals surface area (Å²) in [4.78, 5) is 24.2. The van der Waals surface area contributed by atoms with E-state index in [9.17, 15) is 14.7 Å². The fraction of sp³-hybridized carbons (Fsp3) is 0.455. The van der Waals surface area contributed by atoms with E-state index in [-0.39, 0.29) is 13.0 Å². The van der Waals surface area contributed by atoms with Crippen molar-refractivity contribution in [2.45, 2.75) is 25.5 Å². The van der Waals surface area contributed by atoms with Crippen molar-refractivity contribution in [3.63, 3.8) is 0 Å². The van der Waals surface area contributed by atoms with Crippen molar-refractivity contribution in [3.05, 3.63) is 23.7 Å². The van der Waals surface area contributed by atoms with Gasteiger partial charge in [-0.25, -0.2) is 4.79 Å².